The van der Waals surface area contributed by atoms with Crippen molar-refractivity contribution >= 4 is 5.69 Å². The Hall–Kier alpha value is -1.09. The van der Waals surface area contributed by atoms with Gasteiger partial charge in [0, 0.05) is 18.6 Å². The summed E-state index contributed by atoms with van der Waals surface area (Å²) >= 11 is 0. The van der Waals surface area contributed by atoms with Crippen LogP contribution in [-0.4, -0.2) is 12.6 Å². The SMILES string of the molecule is CCCN(c1c(F)cccc1[C@H](C)N)C(C)C. The highest BCUT2D eigenvalue weighted by atomic mass is 19.1. The Bertz CT molecular complexity index is 361. The van der Waals surface area contributed by atoms with Crippen molar-refractivity contribution in [1.82, 2.24) is 0 Å². The third kappa shape index (κ3) is 3.19. The summed E-state index contributed by atoms with van der Waals surface area (Å²) in [5, 5.41) is 0. The van der Waals surface area contributed by atoms with Gasteiger partial charge in [-0.25, -0.2) is 4.39 Å². The summed E-state index contributed by atoms with van der Waals surface area (Å²) in [4.78, 5) is 2.09. The standard InChI is InChI=1S/C14H23FN2/c1-5-9-17(10(2)3)14-12(11(4)16)7-6-8-13(14)15/h6-8,10-11H,5,9,16H2,1-4H3/t11-/m0/s1. The summed E-state index contributed by atoms with van der Waals surface area (Å²) in [6.45, 7) is 8.99. The zero-order valence-corrected chi connectivity index (χ0v) is 11.2. The van der Waals surface area contributed by atoms with Crippen molar-refractivity contribution in [1.29, 1.82) is 0 Å². The van der Waals surface area contributed by atoms with Crippen LogP contribution >= 0.6 is 0 Å². The number of nitrogens with two attached hydrogens (primary N) is 1. The number of halogens is 1. The predicted molar refractivity (Wildman–Crippen MR) is 71.8 cm³/mol. The molecule has 0 saturated carbocycles. The zero-order valence-electron chi connectivity index (χ0n) is 11.2. The van der Waals surface area contributed by atoms with Crippen molar-refractivity contribution in [2.24, 2.45) is 5.73 Å². The maximum atomic E-state index is 14.0. The molecule has 0 aromatic heterocycles. The monoisotopic (exact) mass is 238 g/mol. The van der Waals surface area contributed by atoms with Crippen molar-refractivity contribution in [3.05, 3.63) is 29.6 Å². The number of rotatable bonds is 5. The molecule has 0 unspecified atom stereocenters. The summed E-state index contributed by atoms with van der Waals surface area (Å²) in [7, 11) is 0. The summed E-state index contributed by atoms with van der Waals surface area (Å²) in [5.74, 6) is -0.179. The van der Waals surface area contributed by atoms with E-state index in [1.807, 2.05) is 13.0 Å². The highest BCUT2D eigenvalue weighted by Crippen LogP contribution is 2.29. The lowest BCUT2D eigenvalue weighted by Crippen LogP contribution is -2.33. The van der Waals surface area contributed by atoms with Gasteiger partial charge in [-0.3, -0.25) is 0 Å². The summed E-state index contributed by atoms with van der Waals surface area (Å²) < 4.78 is 14.0. The molecule has 0 radical (unpaired) electrons. The van der Waals surface area contributed by atoms with Gasteiger partial charge in [0.15, 0.2) is 0 Å². The minimum Gasteiger partial charge on any atom is -0.366 e. The van der Waals surface area contributed by atoms with E-state index in [-0.39, 0.29) is 17.9 Å². The number of hydrogen-bond donors (Lipinski definition) is 1. The van der Waals surface area contributed by atoms with E-state index >= 15 is 0 Å². The number of anilines is 1. The molecule has 17 heavy (non-hydrogen) atoms. The molecule has 2 N–H and O–H groups in total. The molecule has 0 heterocycles. The van der Waals surface area contributed by atoms with Crippen LogP contribution in [0.3, 0.4) is 0 Å². The maximum absolute atomic E-state index is 14.0. The second-order valence-corrected chi connectivity index (χ2v) is 4.75. The fourth-order valence-electron chi connectivity index (χ4n) is 2.07. The summed E-state index contributed by atoms with van der Waals surface area (Å²) in [6.07, 6.45) is 0.991. The van der Waals surface area contributed by atoms with Crippen molar-refractivity contribution < 1.29 is 4.39 Å². The van der Waals surface area contributed by atoms with Gasteiger partial charge in [-0.15, -0.1) is 0 Å². The van der Waals surface area contributed by atoms with Gasteiger partial charge in [0.1, 0.15) is 5.82 Å². The van der Waals surface area contributed by atoms with Crippen LogP contribution < -0.4 is 10.6 Å². The van der Waals surface area contributed by atoms with Crippen LogP contribution in [-0.2, 0) is 0 Å². The van der Waals surface area contributed by atoms with E-state index in [1.165, 1.54) is 6.07 Å². The molecule has 0 saturated heterocycles. The van der Waals surface area contributed by atoms with Crippen molar-refractivity contribution in [2.45, 2.75) is 46.2 Å². The van der Waals surface area contributed by atoms with E-state index in [0.29, 0.717) is 5.69 Å². The molecule has 0 aliphatic carbocycles. The molecule has 0 aliphatic rings. The first-order valence-corrected chi connectivity index (χ1v) is 6.29. The second kappa shape index (κ2) is 6.01. The molecule has 1 atom stereocenters. The molecule has 1 rings (SSSR count). The van der Waals surface area contributed by atoms with Gasteiger partial charge in [-0.2, -0.15) is 0 Å². The predicted octanol–water partition coefficient (Wildman–Crippen LogP) is 3.47. The number of para-hydroxylation sites is 1. The van der Waals surface area contributed by atoms with Crippen molar-refractivity contribution in [3.8, 4) is 0 Å². The van der Waals surface area contributed by atoms with Crippen molar-refractivity contribution in [2.75, 3.05) is 11.4 Å². The quantitative estimate of drug-likeness (QED) is 0.851. The zero-order chi connectivity index (χ0) is 13.0. The van der Waals surface area contributed by atoms with E-state index in [0.717, 1.165) is 18.5 Å². The lowest BCUT2D eigenvalue weighted by atomic mass is 10.0. The number of hydrogen-bond acceptors (Lipinski definition) is 2. The Morgan fingerprint density at radius 1 is 1.29 bits per heavy atom. The lowest BCUT2D eigenvalue weighted by Gasteiger charge is -2.31. The fourth-order valence-corrected chi connectivity index (χ4v) is 2.07. The van der Waals surface area contributed by atoms with Gasteiger partial charge < -0.3 is 10.6 Å². The van der Waals surface area contributed by atoms with E-state index in [2.05, 4.69) is 25.7 Å². The van der Waals surface area contributed by atoms with E-state index in [1.54, 1.807) is 6.07 Å². The Morgan fingerprint density at radius 3 is 2.41 bits per heavy atom. The number of benzene rings is 1. The molecule has 0 fully saturated rings. The van der Waals surface area contributed by atoms with Crippen LogP contribution in [0.5, 0.6) is 0 Å². The molecular formula is C14H23FN2. The van der Waals surface area contributed by atoms with Crippen LogP contribution in [0, 0.1) is 5.82 Å². The van der Waals surface area contributed by atoms with Gasteiger partial charge in [-0.05, 0) is 38.8 Å². The molecule has 0 amide bonds. The van der Waals surface area contributed by atoms with Gasteiger partial charge in [-0.1, -0.05) is 19.1 Å². The number of nitrogens with zero attached hydrogens (tertiary/aromatic N) is 1. The highest BCUT2D eigenvalue weighted by Gasteiger charge is 2.19. The smallest absolute Gasteiger partial charge is 0.146 e. The molecule has 0 aliphatic heterocycles. The molecular weight excluding hydrogens is 215 g/mol. The Morgan fingerprint density at radius 2 is 1.94 bits per heavy atom. The average Bonchev–Trinajstić information content (AvgIpc) is 2.25. The Kier molecular flexibility index (Phi) is 4.94. The summed E-state index contributed by atoms with van der Waals surface area (Å²) in [6, 6.07) is 5.26. The molecule has 1 aromatic rings. The Labute approximate surface area is 104 Å². The first-order chi connectivity index (χ1) is 7.99. The van der Waals surface area contributed by atoms with E-state index in [4.69, 9.17) is 5.73 Å². The fraction of sp³-hybridized carbons (Fsp3) is 0.571. The van der Waals surface area contributed by atoms with Crippen LogP contribution in [0.15, 0.2) is 18.2 Å². The normalized spacial score (nSPS) is 12.9. The molecule has 0 bridgehead atoms. The third-order valence-electron chi connectivity index (χ3n) is 2.88. The second-order valence-electron chi connectivity index (χ2n) is 4.75. The van der Waals surface area contributed by atoms with Crippen molar-refractivity contribution in [3.63, 3.8) is 0 Å². The molecule has 96 valence electrons. The average molecular weight is 238 g/mol. The minimum absolute atomic E-state index is 0.154. The first-order valence-electron chi connectivity index (χ1n) is 6.29. The van der Waals surface area contributed by atoms with E-state index in [9.17, 15) is 4.39 Å². The third-order valence-corrected chi connectivity index (χ3v) is 2.88. The van der Waals surface area contributed by atoms with Gasteiger partial charge in [0.2, 0.25) is 0 Å². The summed E-state index contributed by atoms with van der Waals surface area (Å²) in [5.41, 5.74) is 7.47. The minimum atomic E-state index is -0.179. The lowest BCUT2D eigenvalue weighted by molar-refractivity contribution is 0.589. The molecule has 3 heteroatoms. The first kappa shape index (κ1) is 14.0. The van der Waals surface area contributed by atoms with Crippen LogP contribution in [0.25, 0.3) is 0 Å². The van der Waals surface area contributed by atoms with Gasteiger partial charge >= 0.3 is 0 Å². The molecule has 1 aromatic carbocycles. The van der Waals surface area contributed by atoms with E-state index < -0.39 is 0 Å². The maximum Gasteiger partial charge on any atom is 0.146 e. The highest BCUT2D eigenvalue weighted by molar-refractivity contribution is 5.56. The van der Waals surface area contributed by atoms with Crippen LogP contribution in [0.1, 0.15) is 45.7 Å². The van der Waals surface area contributed by atoms with Gasteiger partial charge in [0.25, 0.3) is 0 Å². The molecule has 0 spiro atoms. The van der Waals surface area contributed by atoms with Crippen LogP contribution in [0.2, 0.25) is 0 Å². The molecule has 2 nitrogen and oxygen atoms in total. The van der Waals surface area contributed by atoms with Crippen LogP contribution in [0.4, 0.5) is 10.1 Å². The topological polar surface area (TPSA) is 29.3 Å². The largest absolute Gasteiger partial charge is 0.366 e. The van der Waals surface area contributed by atoms with Gasteiger partial charge in [0.05, 0.1) is 5.69 Å². The Balaban J connectivity index is 3.25.